The van der Waals surface area contributed by atoms with Gasteiger partial charge in [0.05, 0.1) is 7.11 Å². The standard InChI is InChI=1S/C16H19NOS/c1-18-12-5-2-4-11(10-12)16(17)14-6-3-7-15-13(14)8-9-19-15/h2,4-5,8-10,14,16H,3,6-7,17H2,1H3. The monoisotopic (exact) mass is 273 g/mol. The number of nitrogens with two attached hydrogens (primary N) is 1. The highest BCUT2D eigenvalue weighted by Gasteiger charge is 2.27. The summed E-state index contributed by atoms with van der Waals surface area (Å²) in [4.78, 5) is 1.52. The SMILES string of the molecule is COc1cccc(C(N)C2CCCc3sccc32)c1. The van der Waals surface area contributed by atoms with Crippen LogP contribution in [0, 0.1) is 0 Å². The Morgan fingerprint density at radius 2 is 2.26 bits per heavy atom. The molecule has 0 saturated carbocycles. The van der Waals surface area contributed by atoms with Gasteiger partial charge < -0.3 is 10.5 Å². The van der Waals surface area contributed by atoms with Gasteiger partial charge in [-0.3, -0.25) is 0 Å². The molecule has 1 aliphatic rings. The molecule has 2 atom stereocenters. The van der Waals surface area contributed by atoms with Gasteiger partial charge in [0.2, 0.25) is 0 Å². The lowest BCUT2D eigenvalue weighted by Gasteiger charge is -2.28. The molecule has 0 saturated heterocycles. The average Bonchev–Trinajstić information content (AvgIpc) is 2.95. The van der Waals surface area contributed by atoms with Gasteiger partial charge in [-0.1, -0.05) is 12.1 Å². The maximum atomic E-state index is 6.52. The van der Waals surface area contributed by atoms with E-state index in [1.165, 1.54) is 35.3 Å². The van der Waals surface area contributed by atoms with Crippen LogP contribution < -0.4 is 10.5 Å². The first-order valence-electron chi connectivity index (χ1n) is 6.75. The number of hydrogen-bond donors (Lipinski definition) is 1. The Kier molecular flexibility index (Phi) is 3.58. The van der Waals surface area contributed by atoms with Crippen LogP contribution >= 0.6 is 11.3 Å². The fourth-order valence-electron chi connectivity index (χ4n) is 2.98. The number of ether oxygens (including phenoxy) is 1. The molecule has 1 aromatic heterocycles. The number of rotatable bonds is 3. The van der Waals surface area contributed by atoms with Gasteiger partial charge in [-0.25, -0.2) is 0 Å². The summed E-state index contributed by atoms with van der Waals surface area (Å²) in [5.74, 6) is 1.33. The van der Waals surface area contributed by atoms with Gasteiger partial charge in [0.1, 0.15) is 5.75 Å². The minimum atomic E-state index is 0.0590. The van der Waals surface area contributed by atoms with Crippen molar-refractivity contribution in [2.24, 2.45) is 5.73 Å². The minimum absolute atomic E-state index is 0.0590. The maximum absolute atomic E-state index is 6.52. The molecule has 2 aromatic rings. The third-order valence-corrected chi connectivity index (χ3v) is 5.01. The number of aryl methyl sites for hydroxylation is 1. The molecule has 19 heavy (non-hydrogen) atoms. The lowest BCUT2D eigenvalue weighted by Crippen LogP contribution is -2.22. The average molecular weight is 273 g/mol. The van der Waals surface area contributed by atoms with Crippen molar-refractivity contribution >= 4 is 11.3 Å². The number of benzene rings is 1. The highest BCUT2D eigenvalue weighted by molar-refractivity contribution is 7.10. The molecule has 0 fully saturated rings. The van der Waals surface area contributed by atoms with E-state index in [9.17, 15) is 0 Å². The van der Waals surface area contributed by atoms with E-state index in [0.717, 1.165) is 5.75 Å². The molecule has 1 aliphatic carbocycles. The van der Waals surface area contributed by atoms with Gasteiger partial charge in [-0.05, 0) is 54.0 Å². The Hall–Kier alpha value is -1.32. The van der Waals surface area contributed by atoms with Crippen molar-refractivity contribution in [2.75, 3.05) is 7.11 Å². The Balaban J connectivity index is 1.90. The fourth-order valence-corrected chi connectivity index (χ4v) is 3.97. The van der Waals surface area contributed by atoms with Crippen LogP contribution in [0.15, 0.2) is 35.7 Å². The molecule has 100 valence electrons. The number of fused-ring (bicyclic) bond motifs is 1. The Labute approximate surface area is 118 Å². The summed E-state index contributed by atoms with van der Waals surface area (Å²) in [6.45, 7) is 0. The van der Waals surface area contributed by atoms with Crippen LogP contribution in [-0.4, -0.2) is 7.11 Å². The summed E-state index contributed by atoms with van der Waals surface area (Å²) in [6, 6.07) is 10.5. The second-order valence-corrected chi connectivity index (χ2v) is 6.10. The molecular weight excluding hydrogens is 254 g/mol. The van der Waals surface area contributed by atoms with E-state index in [4.69, 9.17) is 10.5 Å². The van der Waals surface area contributed by atoms with Gasteiger partial charge in [0.15, 0.2) is 0 Å². The molecule has 0 radical (unpaired) electrons. The quantitative estimate of drug-likeness (QED) is 0.921. The predicted octanol–water partition coefficient (Wildman–Crippen LogP) is 3.88. The molecule has 0 amide bonds. The molecule has 0 bridgehead atoms. The van der Waals surface area contributed by atoms with Crippen LogP contribution in [-0.2, 0) is 6.42 Å². The molecule has 0 spiro atoms. The van der Waals surface area contributed by atoms with Crippen molar-refractivity contribution < 1.29 is 4.74 Å². The highest BCUT2D eigenvalue weighted by Crippen LogP contribution is 2.41. The van der Waals surface area contributed by atoms with E-state index >= 15 is 0 Å². The van der Waals surface area contributed by atoms with Crippen molar-refractivity contribution in [2.45, 2.75) is 31.2 Å². The molecule has 2 nitrogen and oxygen atoms in total. The number of thiophene rings is 1. The molecule has 2 unspecified atom stereocenters. The zero-order valence-electron chi connectivity index (χ0n) is 11.1. The Bertz CT molecular complexity index is 563. The van der Waals surface area contributed by atoms with E-state index in [2.05, 4.69) is 23.6 Å². The van der Waals surface area contributed by atoms with Crippen molar-refractivity contribution in [1.29, 1.82) is 0 Å². The van der Waals surface area contributed by atoms with E-state index in [0.29, 0.717) is 5.92 Å². The zero-order chi connectivity index (χ0) is 13.2. The molecule has 3 rings (SSSR count). The third kappa shape index (κ3) is 2.40. The summed E-state index contributed by atoms with van der Waals surface area (Å²) < 4.78 is 5.29. The van der Waals surface area contributed by atoms with Gasteiger partial charge in [0, 0.05) is 16.8 Å². The van der Waals surface area contributed by atoms with E-state index in [1.54, 1.807) is 7.11 Å². The summed E-state index contributed by atoms with van der Waals surface area (Å²) in [6.07, 6.45) is 3.65. The van der Waals surface area contributed by atoms with Crippen molar-refractivity contribution in [1.82, 2.24) is 0 Å². The lowest BCUT2D eigenvalue weighted by atomic mass is 9.80. The first-order valence-corrected chi connectivity index (χ1v) is 7.63. The first-order chi connectivity index (χ1) is 9.29. The van der Waals surface area contributed by atoms with Gasteiger partial charge >= 0.3 is 0 Å². The molecule has 1 aromatic carbocycles. The lowest BCUT2D eigenvalue weighted by molar-refractivity contribution is 0.412. The van der Waals surface area contributed by atoms with Crippen molar-refractivity contribution in [3.8, 4) is 5.75 Å². The van der Waals surface area contributed by atoms with E-state index in [-0.39, 0.29) is 6.04 Å². The minimum Gasteiger partial charge on any atom is -0.497 e. The number of methoxy groups -OCH3 is 1. The second kappa shape index (κ2) is 5.35. The van der Waals surface area contributed by atoms with Gasteiger partial charge in [-0.15, -0.1) is 11.3 Å². The Morgan fingerprint density at radius 3 is 3.11 bits per heavy atom. The van der Waals surface area contributed by atoms with Crippen LogP contribution in [0.2, 0.25) is 0 Å². The summed E-state index contributed by atoms with van der Waals surface area (Å²) in [5, 5.41) is 2.20. The topological polar surface area (TPSA) is 35.2 Å². The summed E-state index contributed by atoms with van der Waals surface area (Å²) in [5.41, 5.74) is 9.15. The van der Waals surface area contributed by atoms with Gasteiger partial charge in [0.25, 0.3) is 0 Å². The van der Waals surface area contributed by atoms with Crippen molar-refractivity contribution in [3.05, 3.63) is 51.7 Å². The van der Waals surface area contributed by atoms with Crippen LogP contribution in [0.5, 0.6) is 5.75 Å². The summed E-state index contributed by atoms with van der Waals surface area (Å²) >= 11 is 1.87. The van der Waals surface area contributed by atoms with Crippen LogP contribution in [0.1, 0.15) is 40.8 Å². The molecular formula is C16H19NOS. The normalized spacial score (nSPS) is 19.8. The maximum Gasteiger partial charge on any atom is 0.119 e. The fraction of sp³-hybridized carbons (Fsp3) is 0.375. The van der Waals surface area contributed by atoms with E-state index in [1.807, 2.05) is 23.5 Å². The number of hydrogen-bond acceptors (Lipinski definition) is 3. The highest BCUT2D eigenvalue weighted by atomic mass is 32.1. The van der Waals surface area contributed by atoms with Crippen LogP contribution in [0.4, 0.5) is 0 Å². The smallest absolute Gasteiger partial charge is 0.119 e. The predicted molar refractivity (Wildman–Crippen MR) is 79.9 cm³/mol. The largest absolute Gasteiger partial charge is 0.497 e. The zero-order valence-corrected chi connectivity index (χ0v) is 12.0. The first kappa shape index (κ1) is 12.7. The molecule has 1 heterocycles. The van der Waals surface area contributed by atoms with Gasteiger partial charge in [-0.2, -0.15) is 0 Å². The third-order valence-electron chi connectivity index (χ3n) is 4.01. The summed E-state index contributed by atoms with van der Waals surface area (Å²) in [7, 11) is 1.70. The molecule has 0 aliphatic heterocycles. The molecule has 3 heteroatoms. The van der Waals surface area contributed by atoms with Crippen molar-refractivity contribution in [3.63, 3.8) is 0 Å². The van der Waals surface area contributed by atoms with Crippen LogP contribution in [0.3, 0.4) is 0 Å². The van der Waals surface area contributed by atoms with Crippen LogP contribution in [0.25, 0.3) is 0 Å². The van der Waals surface area contributed by atoms with E-state index < -0.39 is 0 Å². The molecule has 2 N–H and O–H groups in total. The Morgan fingerprint density at radius 1 is 1.37 bits per heavy atom. The second-order valence-electron chi connectivity index (χ2n) is 5.10.